The summed E-state index contributed by atoms with van der Waals surface area (Å²) in [5.74, 6) is 0.695. The molecule has 1 saturated carbocycles. The molecule has 1 fully saturated rings. The highest BCUT2D eigenvalue weighted by Crippen LogP contribution is 2.37. The van der Waals surface area contributed by atoms with Crippen molar-refractivity contribution >= 4 is 39.3 Å². The van der Waals surface area contributed by atoms with Crippen LogP contribution in [0.5, 0.6) is 0 Å². The van der Waals surface area contributed by atoms with Crippen LogP contribution >= 0.6 is 23.4 Å². The average molecular weight is 423 g/mol. The van der Waals surface area contributed by atoms with Gasteiger partial charge < -0.3 is 5.32 Å². The standard InChI is InChI=1S/C19H19ClN2O3S2/c20-13-3-8-18-16(11-13)17(9-10-26-18)21-19(23)12-1-6-15(7-2-12)27(24,25)22-14-4-5-14/h1-3,6-8,11,14,17,22H,4-5,9-10H2,(H,21,23). The van der Waals surface area contributed by atoms with E-state index in [9.17, 15) is 13.2 Å². The number of sulfonamides is 1. The number of benzene rings is 2. The van der Waals surface area contributed by atoms with E-state index in [1.165, 1.54) is 12.1 Å². The number of rotatable bonds is 5. The Morgan fingerprint density at radius 3 is 2.52 bits per heavy atom. The number of fused-ring (bicyclic) bond motifs is 1. The number of nitrogens with one attached hydrogen (secondary N) is 2. The lowest BCUT2D eigenvalue weighted by Crippen LogP contribution is -2.30. The molecule has 2 N–H and O–H groups in total. The van der Waals surface area contributed by atoms with E-state index in [0.717, 1.165) is 35.5 Å². The summed E-state index contributed by atoms with van der Waals surface area (Å²) in [6.07, 6.45) is 2.58. The SMILES string of the molecule is O=C(NC1CCSc2ccc(Cl)cc21)c1ccc(S(=O)(=O)NC2CC2)cc1. The van der Waals surface area contributed by atoms with E-state index in [4.69, 9.17) is 11.6 Å². The highest BCUT2D eigenvalue weighted by molar-refractivity contribution is 7.99. The summed E-state index contributed by atoms with van der Waals surface area (Å²) in [6.45, 7) is 0. The van der Waals surface area contributed by atoms with E-state index in [1.807, 2.05) is 18.2 Å². The van der Waals surface area contributed by atoms with E-state index in [1.54, 1.807) is 23.9 Å². The van der Waals surface area contributed by atoms with Gasteiger partial charge in [0.05, 0.1) is 10.9 Å². The molecule has 1 aliphatic heterocycles. The van der Waals surface area contributed by atoms with Crippen LogP contribution in [-0.4, -0.2) is 26.1 Å². The molecule has 5 nitrogen and oxygen atoms in total. The summed E-state index contributed by atoms with van der Waals surface area (Å²) >= 11 is 7.87. The van der Waals surface area contributed by atoms with Crippen molar-refractivity contribution in [2.24, 2.45) is 0 Å². The quantitative estimate of drug-likeness (QED) is 0.769. The van der Waals surface area contributed by atoms with Crippen LogP contribution in [0.25, 0.3) is 0 Å². The third kappa shape index (κ3) is 4.32. The predicted octanol–water partition coefficient (Wildman–Crippen LogP) is 3.75. The lowest BCUT2D eigenvalue weighted by molar-refractivity contribution is 0.0935. The smallest absolute Gasteiger partial charge is 0.251 e. The molecule has 1 atom stereocenters. The highest BCUT2D eigenvalue weighted by Gasteiger charge is 2.28. The van der Waals surface area contributed by atoms with Gasteiger partial charge in [0.1, 0.15) is 0 Å². The van der Waals surface area contributed by atoms with Crippen LogP contribution in [0.15, 0.2) is 52.3 Å². The molecular formula is C19H19ClN2O3S2. The lowest BCUT2D eigenvalue weighted by Gasteiger charge is -2.26. The largest absolute Gasteiger partial charge is 0.345 e. The Bertz CT molecular complexity index is 973. The summed E-state index contributed by atoms with van der Waals surface area (Å²) in [4.78, 5) is 13.9. The third-order valence-electron chi connectivity index (χ3n) is 4.64. The fourth-order valence-corrected chi connectivity index (χ4v) is 5.62. The number of halogens is 1. The van der Waals surface area contributed by atoms with E-state index in [0.29, 0.717) is 10.6 Å². The molecule has 0 bridgehead atoms. The maximum absolute atomic E-state index is 12.6. The predicted molar refractivity (Wildman–Crippen MR) is 107 cm³/mol. The summed E-state index contributed by atoms with van der Waals surface area (Å²) in [7, 11) is -3.51. The fraction of sp³-hybridized carbons (Fsp3) is 0.316. The molecule has 1 unspecified atom stereocenters. The molecule has 2 aliphatic rings. The van der Waals surface area contributed by atoms with E-state index < -0.39 is 10.0 Å². The Morgan fingerprint density at radius 2 is 1.81 bits per heavy atom. The Balaban J connectivity index is 1.48. The highest BCUT2D eigenvalue weighted by atomic mass is 35.5. The van der Waals surface area contributed by atoms with Gasteiger partial charge in [0.2, 0.25) is 10.0 Å². The fourth-order valence-electron chi connectivity index (χ4n) is 3.03. The van der Waals surface area contributed by atoms with E-state index in [-0.39, 0.29) is 22.9 Å². The van der Waals surface area contributed by atoms with Crippen LogP contribution in [0.3, 0.4) is 0 Å². The second kappa shape index (κ2) is 7.47. The van der Waals surface area contributed by atoms with Gasteiger partial charge in [-0.05, 0) is 67.3 Å². The van der Waals surface area contributed by atoms with Crippen LogP contribution in [0, 0.1) is 0 Å². The molecule has 1 aliphatic carbocycles. The second-order valence-electron chi connectivity index (χ2n) is 6.77. The second-order valence-corrected chi connectivity index (χ2v) is 10.1. The van der Waals surface area contributed by atoms with Crippen molar-refractivity contribution in [3.63, 3.8) is 0 Å². The molecule has 1 heterocycles. The minimum atomic E-state index is -3.51. The van der Waals surface area contributed by atoms with Crippen molar-refractivity contribution in [2.45, 2.75) is 41.1 Å². The molecule has 0 radical (unpaired) electrons. The van der Waals surface area contributed by atoms with Gasteiger partial charge in [0, 0.05) is 27.3 Å². The zero-order valence-corrected chi connectivity index (χ0v) is 16.8. The Labute approximate surface area is 167 Å². The topological polar surface area (TPSA) is 75.3 Å². The number of amides is 1. The number of hydrogen-bond donors (Lipinski definition) is 2. The molecule has 2 aromatic rings. The zero-order chi connectivity index (χ0) is 19.0. The van der Waals surface area contributed by atoms with Crippen molar-refractivity contribution in [1.82, 2.24) is 10.0 Å². The van der Waals surface area contributed by atoms with Crippen molar-refractivity contribution in [3.05, 3.63) is 58.6 Å². The minimum Gasteiger partial charge on any atom is -0.345 e. The number of thioether (sulfide) groups is 1. The first kappa shape index (κ1) is 18.8. The summed E-state index contributed by atoms with van der Waals surface area (Å²) in [5, 5.41) is 3.69. The first-order valence-electron chi connectivity index (χ1n) is 8.78. The number of hydrogen-bond acceptors (Lipinski definition) is 4. The molecule has 142 valence electrons. The van der Waals surface area contributed by atoms with Gasteiger partial charge in [-0.3, -0.25) is 4.79 Å². The summed E-state index contributed by atoms with van der Waals surface area (Å²) in [6, 6.07) is 11.7. The van der Waals surface area contributed by atoms with Gasteiger partial charge >= 0.3 is 0 Å². The average Bonchev–Trinajstić information content (AvgIpc) is 3.45. The Morgan fingerprint density at radius 1 is 1.07 bits per heavy atom. The van der Waals surface area contributed by atoms with Crippen LogP contribution in [0.2, 0.25) is 5.02 Å². The molecule has 0 spiro atoms. The summed E-state index contributed by atoms with van der Waals surface area (Å²) < 4.78 is 27.1. The maximum atomic E-state index is 12.6. The first-order chi connectivity index (χ1) is 12.9. The van der Waals surface area contributed by atoms with Gasteiger partial charge in [0.15, 0.2) is 0 Å². The van der Waals surface area contributed by atoms with Crippen LogP contribution in [0.1, 0.15) is 41.2 Å². The Kier molecular flexibility index (Phi) is 5.20. The van der Waals surface area contributed by atoms with Gasteiger partial charge in [-0.1, -0.05) is 11.6 Å². The molecule has 8 heteroatoms. The molecule has 27 heavy (non-hydrogen) atoms. The monoisotopic (exact) mass is 422 g/mol. The molecule has 4 rings (SSSR count). The zero-order valence-electron chi connectivity index (χ0n) is 14.4. The minimum absolute atomic E-state index is 0.0500. The lowest BCUT2D eigenvalue weighted by atomic mass is 10.0. The van der Waals surface area contributed by atoms with Gasteiger partial charge in [0.25, 0.3) is 5.91 Å². The molecule has 0 saturated heterocycles. The molecule has 0 aromatic heterocycles. The van der Waals surface area contributed by atoms with Crippen molar-refractivity contribution in [2.75, 3.05) is 5.75 Å². The normalized spacial score (nSPS) is 19.4. The van der Waals surface area contributed by atoms with Gasteiger partial charge in [-0.15, -0.1) is 11.8 Å². The van der Waals surface area contributed by atoms with Gasteiger partial charge in [-0.2, -0.15) is 0 Å². The molecule has 1 amide bonds. The number of carbonyl (C=O) groups excluding carboxylic acids is 1. The summed E-state index contributed by atoms with van der Waals surface area (Å²) in [5.41, 5.74) is 1.46. The van der Waals surface area contributed by atoms with Crippen molar-refractivity contribution < 1.29 is 13.2 Å². The van der Waals surface area contributed by atoms with Crippen LogP contribution in [0.4, 0.5) is 0 Å². The Hall–Kier alpha value is -1.54. The van der Waals surface area contributed by atoms with Crippen LogP contribution in [-0.2, 0) is 10.0 Å². The third-order valence-corrected chi connectivity index (χ3v) is 7.54. The molecule has 2 aromatic carbocycles. The van der Waals surface area contributed by atoms with E-state index >= 15 is 0 Å². The first-order valence-corrected chi connectivity index (χ1v) is 11.6. The van der Waals surface area contributed by atoms with Crippen molar-refractivity contribution in [3.8, 4) is 0 Å². The van der Waals surface area contributed by atoms with Crippen LogP contribution < -0.4 is 10.0 Å². The molecular weight excluding hydrogens is 404 g/mol. The van der Waals surface area contributed by atoms with E-state index in [2.05, 4.69) is 10.0 Å². The van der Waals surface area contributed by atoms with Gasteiger partial charge in [-0.25, -0.2) is 13.1 Å². The number of carbonyl (C=O) groups is 1. The maximum Gasteiger partial charge on any atom is 0.251 e. The van der Waals surface area contributed by atoms with Crippen molar-refractivity contribution in [1.29, 1.82) is 0 Å².